The third-order valence-electron chi connectivity index (χ3n) is 4.26. The Morgan fingerprint density at radius 2 is 2.15 bits per heavy atom. The second kappa shape index (κ2) is 5.58. The fourth-order valence-electron chi connectivity index (χ4n) is 3.18. The zero-order valence-electron chi connectivity index (χ0n) is 12.5. The van der Waals surface area contributed by atoms with Crippen LogP contribution in [-0.4, -0.2) is 61.9 Å². The van der Waals surface area contributed by atoms with E-state index in [9.17, 15) is 0 Å². The summed E-state index contributed by atoms with van der Waals surface area (Å²) in [5.74, 6) is 1.82. The highest BCUT2D eigenvalue weighted by Crippen LogP contribution is 2.29. The molecule has 2 fully saturated rings. The first kappa shape index (κ1) is 13.6. The molecular weight excluding hydrogens is 254 g/mol. The van der Waals surface area contributed by atoms with Gasteiger partial charge in [-0.1, -0.05) is 0 Å². The van der Waals surface area contributed by atoms with E-state index in [1.54, 1.807) is 7.11 Å². The lowest BCUT2D eigenvalue weighted by molar-refractivity contribution is -0.0470. The van der Waals surface area contributed by atoms with Crippen LogP contribution in [0.3, 0.4) is 0 Å². The van der Waals surface area contributed by atoms with Crippen molar-refractivity contribution in [2.24, 2.45) is 0 Å². The molecule has 0 saturated carbocycles. The average Bonchev–Trinajstić information content (AvgIpc) is 2.47. The van der Waals surface area contributed by atoms with E-state index in [1.807, 2.05) is 19.1 Å². The average molecular weight is 277 g/mol. The molecule has 0 radical (unpaired) electrons. The SMILES string of the molecule is COc1ccc(C)nc1N1CCN2[C@@H](COC[C@@H]2C)C1. The van der Waals surface area contributed by atoms with Gasteiger partial charge in [-0.05, 0) is 26.0 Å². The third kappa shape index (κ3) is 2.47. The summed E-state index contributed by atoms with van der Waals surface area (Å²) in [5, 5.41) is 0. The fraction of sp³-hybridized carbons (Fsp3) is 0.667. The van der Waals surface area contributed by atoms with Gasteiger partial charge in [-0.3, -0.25) is 4.90 Å². The summed E-state index contributed by atoms with van der Waals surface area (Å²) in [6, 6.07) is 4.97. The van der Waals surface area contributed by atoms with Gasteiger partial charge < -0.3 is 14.4 Å². The summed E-state index contributed by atoms with van der Waals surface area (Å²) >= 11 is 0. The van der Waals surface area contributed by atoms with Crippen molar-refractivity contribution >= 4 is 5.82 Å². The number of anilines is 1. The van der Waals surface area contributed by atoms with Crippen molar-refractivity contribution in [2.45, 2.75) is 25.9 Å². The lowest BCUT2D eigenvalue weighted by Gasteiger charge is -2.47. The molecule has 5 nitrogen and oxygen atoms in total. The highest BCUT2D eigenvalue weighted by Gasteiger charge is 2.34. The molecule has 0 bridgehead atoms. The van der Waals surface area contributed by atoms with E-state index in [1.165, 1.54) is 0 Å². The van der Waals surface area contributed by atoms with Crippen LogP contribution in [-0.2, 0) is 4.74 Å². The Hall–Kier alpha value is -1.33. The number of aryl methyl sites for hydroxylation is 1. The number of hydrogen-bond donors (Lipinski definition) is 0. The minimum absolute atomic E-state index is 0.458. The van der Waals surface area contributed by atoms with Crippen molar-refractivity contribution in [1.82, 2.24) is 9.88 Å². The number of piperazine rings is 1. The normalized spacial score (nSPS) is 27.2. The van der Waals surface area contributed by atoms with Crippen molar-refractivity contribution in [1.29, 1.82) is 0 Å². The Bertz CT molecular complexity index is 480. The fourth-order valence-corrected chi connectivity index (χ4v) is 3.18. The number of hydrogen-bond acceptors (Lipinski definition) is 5. The predicted octanol–water partition coefficient (Wildman–Crippen LogP) is 1.31. The molecule has 0 N–H and O–H groups in total. The van der Waals surface area contributed by atoms with Gasteiger partial charge in [-0.25, -0.2) is 4.98 Å². The van der Waals surface area contributed by atoms with Crippen LogP contribution in [0.15, 0.2) is 12.1 Å². The van der Waals surface area contributed by atoms with Gasteiger partial charge in [0.25, 0.3) is 0 Å². The largest absolute Gasteiger partial charge is 0.493 e. The van der Waals surface area contributed by atoms with Gasteiger partial charge in [-0.2, -0.15) is 0 Å². The lowest BCUT2D eigenvalue weighted by atomic mass is 10.1. The number of methoxy groups -OCH3 is 1. The van der Waals surface area contributed by atoms with Gasteiger partial charge in [-0.15, -0.1) is 0 Å². The van der Waals surface area contributed by atoms with Crippen LogP contribution in [0.4, 0.5) is 5.82 Å². The van der Waals surface area contributed by atoms with Crippen LogP contribution in [0.25, 0.3) is 0 Å². The van der Waals surface area contributed by atoms with Crippen LogP contribution in [0, 0.1) is 6.92 Å². The zero-order chi connectivity index (χ0) is 14.1. The minimum atomic E-state index is 0.458. The van der Waals surface area contributed by atoms with Gasteiger partial charge in [0, 0.05) is 31.4 Å². The van der Waals surface area contributed by atoms with Crippen LogP contribution in [0.5, 0.6) is 5.75 Å². The van der Waals surface area contributed by atoms with Crippen molar-refractivity contribution in [3.8, 4) is 5.75 Å². The lowest BCUT2D eigenvalue weighted by Crippen LogP contribution is -2.61. The van der Waals surface area contributed by atoms with E-state index in [2.05, 4.69) is 21.7 Å². The Labute approximate surface area is 120 Å². The first-order valence-corrected chi connectivity index (χ1v) is 7.29. The van der Waals surface area contributed by atoms with Crippen LogP contribution in [0.2, 0.25) is 0 Å². The van der Waals surface area contributed by atoms with E-state index >= 15 is 0 Å². The van der Waals surface area contributed by atoms with E-state index in [4.69, 9.17) is 9.47 Å². The van der Waals surface area contributed by atoms with Crippen molar-refractivity contribution in [3.63, 3.8) is 0 Å². The van der Waals surface area contributed by atoms with Gasteiger partial charge >= 0.3 is 0 Å². The van der Waals surface area contributed by atoms with Gasteiger partial charge in [0.15, 0.2) is 11.6 Å². The van der Waals surface area contributed by atoms with Gasteiger partial charge in [0.05, 0.1) is 26.4 Å². The second-order valence-electron chi connectivity index (χ2n) is 5.70. The molecular formula is C15H23N3O2. The topological polar surface area (TPSA) is 37.8 Å². The van der Waals surface area contributed by atoms with Crippen molar-refractivity contribution in [2.75, 3.05) is 44.9 Å². The summed E-state index contributed by atoms with van der Waals surface area (Å²) in [6.45, 7) is 8.94. The molecule has 5 heteroatoms. The maximum atomic E-state index is 5.70. The number of rotatable bonds is 2. The first-order chi connectivity index (χ1) is 9.69. The number of ether oxygens (including phenoxy) is 2. The molecule has 20 heavy (non-hydrogen) atoms. The van der Waals surface area contributed by atoms with E-state index in [0.717, 1.165) is 50.1 Å². The maximum Gasteiger partial charge on any atom is 0.171 e. The Balaban J connectivity index is 1.81. The molecule has 2 aliphatic rings. The molecule has 0 amide bonds. The summed E-state index contributed by atoms with van der Waals surface area (Å²) in [4.78, 5) is 9.55. The quantitative estimate of drug-likeness (QED) is 0.815. The number of nitrogens with zero attached hydrogens (tertiary/aromatic N) is 3. The molecule has 2 saturated heterocycles. The smallest absolute Gasteiger partial charge is 0.171 e. The first-order valence-electron chi connectivity index (χ1n) is 7.29. The Morgan fingerprint density at radius 3 is 2.95 bits per heavy atom. The number of morpholine rings is 1. The summed E-state index contributed by atoms with van der Waals surface area (Å²) in [7, 11) is 1.71. The molecule has 1 aromatic rings. The molecule has 0 aromatic carbocycles. The molecule has 0 aliphatic carbocycles. The number of pyridine rings is 1. The van der Waals surface area contributed by atoms with E-state index in [0.29, 0.717) is 12.1 Å². The van der Waals surface area contributed by atoms with Gasteiger partial charge in [0.2, 0.25) is 0 Å². The number of fused-ring (bicyclic) bond motifs is 1. The maximum absolute atomic E-state index is 5.70. The molecule has 3 heterocycles. The molecule has 0 unspecified atom stereocenters. The van der Waals surface area contributed by atoms with Crippen molar-refractivity contribution < 1.29 is 9.47 Å². The Morgan fingerprint density at radius 1 is 1.30 bits per heavy atom. The Kier molecular flexibility index (Phi) is 3.81. The highest BCUT2D eigenvalue weighted by molar-refractivity contribution is 5.53. The van der Waals surface area contributed by atoms with E-state index in [-0.39, 0.29) is 0 Å². The van der Waals surface area contributed by atoms with Crippen LogP contribution >= 0.6 is 0 Å². The summed E-state index contributed by atoms with van der Waals surface area (Å²) in [5.41, 5.74) is 1.02. The van der Waals surface area contributed by atoms with Gasteiger partial charge in [0.1, 0.15) is 0 Å². The minimum Gasteiger partial charge on any atom is -0.493 e. The highest BCUT2D eigenvalue weighted by atomic mass is 16.5. The van der Waals surface area contributed by atoms with Crippen LogP contribution < -0.4 is 9.64 Å². The second-order valence-corrected chi connectivity index (χ2v) is 5.70. The molecule has 2 aliphatic heterocycles. The summed E-state index contributed by atoms with van der Waals surface area (Å²) in [6.07, 6.45) is 0. The third-order valence-corrected chi connectivity index (χ3v) is 4.26. The molecule has 3 rings (SSSR count). The molecule has 0 spiro atoms. The van der Waals surface area contributed by atoms with Crippen LogP contribution in [0.1, 0.15) is 12.6 Å². The standard InChI is InChI=1S/C15H23N3O2/c1-11-4-5-14(19-3)15(16-11)17-6-7-18-12(2)9-20-10-13(18)8-17/h4-5,12-13H,6-10H2,1-3H3/t12-,13+/m0/s1. The predicted molar refractivity (Wildman–Crippen MR) is 78.5 cm³/mol. The molecule has 1 aromatic heterocycles. The van der Waals surface area contributed by atoms with E-state index < -0.39 is 0 Å². The molecule has 110 valence electrons. The zero-order valence-corrected chi connectivity index (χ0v) is 12.5. The number of aromatic nitrogens is 1. The summed E-state index contributed by atoms with van der Waals surface area (Å²) < 4.78 is 11.2. The monoisotopic (exact) mass is 277 g/mol. The van der Waals surface area contributed by atoms with Crippen molar-refractivity contribution in [3.05, 3.63) is 17.8 Å². The molecule has 2 atom stereocenters.